The predicted molar refractivity (Wildman–Crippen MR) is 56.7 cm³/mol. The zero-order chi connectivity index (χ0) is 9.84. The van der Waals surface area contributed by atoms with Crippen molar-refractivity contribution in [1.82, 2.24) is 10.2 Å². The lowest BCUT2D eigenvalue weighted by Gasteiger charge is -2.24. The number of nitrogens with one attached hydrogen (secondary N) is 1. The van der Waals surface area contributed by atoms with Crippen LogP contribution >= 0.6 is 11.8 Å². The van der Waals surface area contributed by atoms with Crippen LogP contribution in [0.3, 0.4) is 0 Å². The largest absolute Gasteiger partial charge is 0.326 e. The van der Waals surface area contributed by atoms with Gasteiger partial charge in [-0.2, -0.15) is 11.8 Å². The first-order valence-electron chi connectivity index (χ1n) is 4.67. The Labute approximate surface area is 84.2 Å². The summed E-state index contributed by atoms with van der Waals surface area (Å²) in [6.45, 7) is 5.62. The highest BCUT2D eigenvalue weighted by atomic mass is 32.2. The monoisotopic (exact) mass is 202 g/mol. The fraction of sp³-hybridized carbons (Fsp3) is 0.889. The molecule has 2 atom stereocenters. The molecule has 1 aliphatic heterocycles. The van der Waals surface area contributed by atoms with Gasteiger partial charge in [0.25, 0.3) is 0 Å². The van der Waals surface area contributed by atoms with Crippen LogP contribution in [0.1, 0.15) is 13.8 Å². The summed E-state index contributed by atoms with van der Waals surface area (Å²) in [6.07, 6.45) is 2.32. The summed E-state index contributed by atoms with van der Waals surface area (Å²) in [5, 5.41) is 3.14. The molecule has 1 saturated heterocycles. The minimum atomic E-state index is 0.219. The van der Waals surface area contributed by atoms with Crippen molar-refractivity contribution in [2.24, 2.45) is 5.92 Å². The lowest BCUT2D eigenvalue weighted by atomic mass is 10.2. The van der Waals surface area contributed by atoms with E-state index in [1.807, 2.05) is 23.6 Å². The number of hydrogen-bond acceptors (Lipinski definition) is 3. The van der Waals surface area contributed by atoms with Gasteiger partial charge in [-0.25, -0.2) is 0 Å². The molecule has 0 saturated carbocycles. The molecule has 0 aromatic heterocycles. The number of hydrogen-bond donors (Lipinski definition) is 1. The average Bonchev–Trinajstić information content (AvgIpc) is 2.36. The molecule has 1 heterocycles. The first kappa shape index (κ1) is 10.9. The molecule has 0 aromatic carbocycles. The summed E-state index contributed by atoms with van der Waals surface area (Å²) < 4.78 is 0. The van der Waals surface area contributed by atoms with Crippen molar-refractivity contribution in [2.45, 2.75) is 20.0 Å². The lowest BCUT2D eigenvalue weighted by Crippen LogP contribution is -2.38. The highest BCUT2D eigenvalue weighted by Crippen LogP contribution is 2.11. The summed E-state index contributed by atoms with van der Waals surface area (Å²) in [5.74, 6) is 1.94. The Bertz CT molecular complexity index is 186. The summed E-state index contributed by atoms with van der Waals surface area (Å²) in [5.41, 5.74) is 0. The molecule has 4 heteroatoms. The standard InChI is InChI=1S/C9H18N2OS/c1-7(6-13-3)5-11-8(2)10-4-9(11)12/h7-8,10H,4-6H2,1-3H3. The fourth-order valence-corrected chi connectivity index (χ4v) is 2.27. The Morgan fingerprint density at radius 3 is 2.92 bits per heavy atom. The van der Waals surface area contributed by atoms with Crippen molar-refractivity contribution in [1.29, 1.82) is 0 Å². The Kier molecular flexibility index (Phi) is 4.06. The molecule has 0 aliphatic carbocycles. The van der Waals surface area contributed by atoms with Crippen LogP contribution in [0, 0.1) is 5.92 Å². The summed E-state index contributed by atoms with van der Waals surface area (Å²) in [4.78, 5) is 13.3. The average molecular weight is 202 g/mol. The molecule has 3 nitrogen and oxygen atoms in total. The van der Waals surface area contributed by atoms with Gasteiger partial charge in [-0.15, -0.1) is 0 Å². The zero-order valence-electron chi connectivity index (χ0n) is 8.54. The van der Waals surface area contributed by atoms with Gasteiger partial charge in [-0.1, -0.05) is 6.92 Å². The molecule has 0 radical (unpaired) electrons. The third-order valence-electron chi connectivity index (χ3n) is 2.30. The molecule has 0 spiro atoms. The predicted octanol–water partition coefficient (Wildman–Crippen LogP) is 0.763. The Hall–Kier alpha value is -0.220. The summed E-state index contributed by atoms with van der Waals surface area (Å²) in [7, 11) is 0. The van der Waals surface area contributed by atoms with E-state index in [0.717, 1.165) is 12.3 Å². The lowest BCUT2D eigenvalue weighted by molar-refractivity contribution is -0.128. The first-order valence-corrected chi connectivity index (χ1v) is 6.06. The first-order chi connectivity index (χ1) is 6.15. The second kappa shape index (κ2) is 4.86. The molecule has 1 N–H and O–H groups in total. The third kappa shape index (κ3) is 2.88. The van der Waals surface area contributed by atoms with E-state index in [1.54, 1.807) is 0 Å². The van der Waals surface area contributed by atoms with Crippen LogP contribution in [-0.2, 0) is 4.79 Å². The quantitative estimate of drug-likeness (QED) is 0.730. The van der Waals surface area contributed by atoms with Gasteiger partial charge in [0.05, 0.1) is 12.7 Å². The molecular formula is C9H18N2OS. The maximum Gasteiger partial charge on any atom is 0.237 e. The number of rotatable bonds is 4. The van der Waals surface area contributed by atoms with Crippen molar-refractivity contribution in [3.05, 3.63) is 0 Å². The number of nitrogens with zero attached hydrogens (tertiary/aromatic N) is 1. The van der Waals surface area contributed by atoms with E-state index in [0.29, 0.717) is 12.5 Å². The Morgan fingerprint density at radius 2 is 2.46 bits per heavy atom. The fourth-order valence-electron chi connectivity index (χ4n) is 1.60. The maximum absolute atomic E-state index is 11.4. The molecule has 0 aromatic rings. The van der Waals surface area contributed by atoms with E-state index in [2.05, 4.69) is 18.5 Å². The van der Waals surface area contributed by atoms with Gasteiger partial charge in [-0.05, 0) is 24.9 Å². The molecule has 1 rings (SSSR count). The number of amides is 1. The van der Waals surface area contributed by atoms with E-state index in [4.69, 9.17) is 0 Å². The molecule has 1 fully saturated rings. The van der Waals surface area contributed by atoms with Crippen molar-refractivity contribution < 1.29 is 4.79 Å². The van der Waals surface area contributed by atoms with Crippen molar-refractivity contribution >= 4 is 17.7 Å². The molecule has 0 bridgehead atoms. The van der Waals surface area contributed by atoms with Crippen molar-refractivity contribution in [3.8, 4) is 0 Å². The van der Waals surface area contributed by atoms with E-state index in [-0.39, 0.29) is 12.1 Å². The topological polar surface area (TPSA) is 32.3 Å². The zero-order valence-corrected chi connectivity index (χ0v) is 9.36. The minimum Gasteiger partial charge on any atom is -0.326 e. The molecule has 76 valence electrons. The second-order valence-electron chi connectivity index (χ2n) is 3.66. The molecular weight excluding hydrogens is 184 g/mol. The number of carbonyl (C=O) groups is 1. The van der Waals surface area contributed by atoms with Crippen LogP contribution in [0.25, 0.3) is 0 Å². The van der Waals surface area contributed by atoms with Gasteiger partial charge in [0.1, 0.15) is 0 Å². The minimum absolute atomic E-state index is 0.219. The Balaban J connectivity index is 2.38. The summed E-state index contributed by atoms with van der Waals surface area (Å²) >= 11 is 1.84. The van der Waals surface area contributed by atoms with Crippen LogP contribution in [0.5, 0.6) is 0 Å². The molecule has 1 amide bonds. The third-order valence-corrected chi connectivity index (χ3v) is 3.20. The SMILES string of the molecule is CSCC(C)CN1C(=O)CNC1C. The van der Waals surface area contributed by atoms with Crippen LogP contribution in [0.2, 0.25) is 0 Å². The molecule has 2 unspecified atom stereocenters. The Morgan fingerprint density at radius 1 is 1.77 bits per heavy atom. The summed E-state index contributed by atoms with van der Waals surface area (Å²) in [6, 6.07) is 0. The smallest absolute Gasteiger partial charge is 0.237 e. The maximum atomic E-state index is 11.4. The van der Waals surface area contributed by atoms with E-state index < -0.39 is 0 Å². The highest BCUT2D eigenvalue weighted by molar-refractivity contribution is 7.98. The van der Waals surface area contributed by atoms with Crippen molar-refractivity contribution in [2.75, 3.05) is 25.1 Å². The van der Waals surface area contributed by atoms with E-state index >= 15 is 0 Å². The van der Waals surface area contributed by atoms with E-state index in [9.17, 15) is 4.79 Å². The second-order valence-corrected chi connectivity index (χ2v) is 4.57. The van der Waals surface area contributed by atoms with Crippen LogP contribution < -0.4 is 5.32 Å². The van der Waals surface area contributed by atoms with Crippen LogP contribution in [-0.4, -0.2) is 42.1 Å². The molecule has 13 heavy (non-hydrogen) atoms. The number of carbonyl (C=O) groups excluding carboxylic acids is 1. The van der Waals surface area contributed by atoms with Crippen LogP contribution in [0.15, 0.2) is 0 Å². The highest BCUT2D eigenvalue weighted by Gasteiger charge is 2.27. The van der Waals surface area contributed by atoms with Crippen LogP contribution in [0.4, 0.5) is 0 Å². The van der Waals surface area contributed by atoms with E-state index in [1.165, 1.54) is 0 Å². The number of thioether (sulfide) groups is 1. The van der Waals surface area contributed by atoms with Gasteiger partial charge < -0.3 is 4.90 Å². The van der Waals surface area contributed by atoms with Gasteiger partial charge >= 0.3 is 0 Å². The van der Waals surface area contributed by atoms with Gasteiger partial charge in [0.15, 0.2) is 0 Å². The molecule has 1 aliphatic rings. The van der Waals surface area contributed by atoms with Crippen molar-refractivity contribution in [3.63, 3.8) is 0 Å². The van der Waals surface area contributed by atoms with Gasteiger partial charge in [0, 0.05) is 6.54 Å². The van der Waals surface area contributed by atoms with Gasteiger partial charge in [0.2, 0.25) is 5.91 Å². The van der Waals surface area contributed by atoms with Gasteiger partial charge in [-0.3, -0.25) is 10.1 Å². The normalized spacial score (nSPS) is 25.3.